The number of hydrogen-bond donors (Lipinski definition) is 0. The number of likely N-dealkylation sites (N-methyl/N-ethyl adjacent to an activating group) is 1. The largest absolute Gasteiger partial charge is 0.394 e. The molecule has 0 aromatic rings. The Morgan fingerprint density at radius 3 is 2.79 bits per heavy atom. The van der Waals surface area contributed by atoms with Gasteiger partial charge in [0, 0.05) is 12.5 Å². The number of hydrogen-bond acceptors (Lipinski definition) is 3. The molecule has 0 unspecified atom stereocenters. The summed E-state index contributed by atoms with van der Waals surface area (Å²) < 4.78 is 0. The lowest BCUT2D eigenvalue weighted by Gasteiger charge is -2.25. The highest BCUT2D eigenvalue weighted by Crippen LogP contribution is 2.57. The molecular weight excluding hydrogens is 236 g/mol. The van der Waals surface area contributed by atoms with Gasteiger partial charge in [0.1, 0.15) is 6.61 Å². The first-order valence-electron chi connectivity index (χ1n) is 8.24. The van der Waals surface area contributed by atoms with E-state index in [2.05, 4.69) is 23.9 Å². The van der Waals surface area contributed by atoms with Crippen molar-refractivity contribution in [1.82, 2.24) is 4.90 Å². The molecule has 0 radical (unpaired) electrons. The molecular formula is C16H28N2O. The Morgan fingerprint density at radius 2 is 2.00 bits per heavy atom. The zero-order valence-corrected chi connectivity index (χ0v) is 12.5. The average Bonchev–Trinajstić information content (AvgIpc) is 3.11. The van der Waals surface area contributed by atoms with Crippen LogP contribution in [0.4, 0.5) is 0 Å². The van der Waals surface area contributed by atoms with Gasteiger partial charge in [0.05, 0.1) is 5.71 Å². The highest BCUT2D eigenvalue weighted by molar-refractivity contribution is 5.90. The van der Waals surface area contributed by atoms with Crippen LogP contribution in [0.25, 0.3) is 0 Å². The summed E-state index contributed by atoms with van der Waals surface area (Å²) in [7, 11) is 0. The van der Waals surface area contributed by atoms with Crippen molar-refractivity contribution in [2.75, 3.05) is 26.2 Å². The fourth-order valence-corrected chi connectivity index (χ4v) is 4.76. The topological polar surface area (TPSA) is 24.8 Å². The summed E-state index contributed by atoms with van der Waals surface area (Å²) in [6.45, 7) is 8.35. The molecule has 108 valence electrons. The Hall–Kier alpha value is -0.570. The SMILES string of the molecule is CCN(CC)CCO/N=C1\C[C@@H]2C[C@H]1[C@H]1CCC[C@@H]21. The van der Waals surface area contributed by atoms with Crippen LogP contribution in [0.1, 0.15) is 46.0 Å². The number of oxime groups is 1. The number of fused-ring (bicyclic) bond motifs is 5. The van der Waals surface area contributed by atoms with Gasteiger partial charge in [0.25, 0.3) is 0 Å². The van der Waals surface area contributed by atoms with Crippen LogP contribution in [0.3, 0.4) is 0 Å². The maximum Gasteiger partial charge on any atom is 0.129 e. The maximum atomic E-state index is 5.60. The third-order valence-corrected chi connectivity index (χ3v) is 5.78. The molecule has 0 amide bonds. The van der Waals surface area contributed by atoms with Gasteiger partial charge in [0.15, 0.2) is 0 Å². The molecule has 2 bridgehead atoms. The van der Waals surface area contributed by atoms with Crippen molar-refractivity contribution in [2.45, 2.75) is 46.0 Å². The van der Waals surface area contributed by atoms with Crippen LogP contribution < -0.4 is 0 Å². The second-order valence-electron chi connectivity index (χ2n) is 6.51. The minimum atomic E-state index is 0.747. The van der Waals surface area contributed by atoms with E-state index in [1.807, 2.05) is 0 Å². The van der Waals surface area contributed by atoms with Gasteiger partial charge in [-0.05, 0) is 56.5 Å². The molecule has 3 aliphatic carbocycles. The molecule has 19 heavy (non-hydrogen) atoms. The first kappa shape index (κ1) is 13.4. The van der Waals surface area contributed by atoms with Crippen molar-refractivity contribution in [3.8, 4) is 0 Å². The Bertz CT molecular complexity index is 338. The fraction of sp³-hybridized carbons (Fsp3) is 0.938. The number of rotatable bonds is 6. The van der Waals surface area contributed by atoms with E-state index in [0.29, 0.717) is 0 Å². The van der Waals surface area contributed by atoms with Gasteiger partial charge in [-0.2, -0.15) is 0 Å². The highest BCUT2D eigenvalue weighted by atomic mass is 16.6. The monoisotopic (exact) mass is 264 g/mol. The van der Waals surface area contributed by atoms with Gasteiger partial charge in [-0.1, -0.05) is 25.4 Å². The van der Waals surface area contributed by atoms with Gasteiger partial charge in [-0.25, -0.2) is 0 Å². The van der Waals surface area contributed by atoms with Crippen LogP contribution in [0.2, 0.25) is 0 Å². The van der Waals surface area contributed by atoms with E-state index < -0.39 is 0 Å². The van der Waals surface area contributed by atoms with E-state index in [-0.39, 0.29) is 0 Å². The summed E-state index contributed by atoms with van der Waals surface area (Å²) in [5.74, 6) is 3.73. The quantitative estimate of drug-likeness (QED) is 0.544. The van der Waals surface area contributed by atoms with Crippen LogP contribution in [-0.4, -0.2) is 36.9 Å². The number of nitrogens with zero attached hydrogens (tertiary/aromatic N) is 2. The second kappa shape index (κ2) is 5.82. The van der Waals surface area contributed by atoms with E-state index >= 15 is 0 Å². The molecule has 3 rings (SSSR count). The van der Waals surface area contributed by atoms with Crippen molar-refractivity contribution in [1.29, 1.82) is 0 Å². The smallest absolute Gasteiger partial charge is 0.129 e. The Labute approximate surface area is 117 Å². The molecule has 3 nitrogen and oxygen atoms in total. The minimum Gasteiger partial charge on any atom is -0.394 e. The van der Waals surface area contributed by atoms with Gasteiger partial charge in [0.2, 0.25) is 0 Å². The summed E-state index contributed by atoms with van der Waals surface area (Å²) in [5, 5.41) is 4.50. The van der Waals surface area contributed by atoms with Gasteiger partial charge in [-0.15, -0.1) is 0 Å². The average molecular weight is 264 g/mol. The highest BCUT2D eigenvalue weighted by Gasteiger charge is 2.52. The minimum absolute atomic E-state index is 0.747. The van der Waals surface area contributed by atoms with Crippen molar-refractivity contribution in [3.63, 3.8) is 0 Å². The fourth-order valence-electron chi connectivity index (χ4n) is 4.76. The second-order valence-corrected chi connectivity index (χ2v) is 6.51. The van der Waals surface area contributed by atoms with Crippen LogP contribution in [0, 0.1) is 23.7 Å². The molecule has 0 saturated heterocycles. The lowest BCUT2D eigenvalue weighted by atomic mass is 9.81. The van der Waals surface area contributed by atoms with E-state index in [4.69, 9.17) is 4.84 Å². The Kier molecular flexibility index (Phi) is 4.11. The van der Waals surface area contributed by atoms with E-state index in [9.17, 15) is 0 Å². The molecule has 0 N–H and O–H groups in total. The van der Waals surface area contributed by atoms with Crippen LogP contribution in [0.15, 0.2) is 5.16 Å². The van der Waals surface area contributed by atoms with Crippen molar-refractivity contribution < 1.29 is 4.84 Å². The normalized spacial score (nSPS) is 38.4. The summed E-state index contributed by atoms with van der Waals surface area (Å²) in [6.07, 6.45) is 7.04. The zero-order valence-electron chi connectivity index (χ0n) is 12.5. The Balaban J connectivity index is 1.47. The first-order chi connectivity index (χ1) is 9.33. The predicted molar refractivity (Wildman–Crippen MR) is 78.2 cm³/mol. The molecule has 0 heterocycles. The summed E-state index contributed by atoms with van der Waals surface area (Å²) >= 11 is 0. The van der Waals surface area contributed by atoms with Crippen LogP contribution >= 0.6 is 0 Å². The van der Waals surface area contributed by atoms with Gasteiger partial charge in [-0.3, -0.25) is 0 Å². The third kappa shape index (κ3) is 2.54. The predicted octanol–water partition coefficient (Wildman–Crippen LogP) is 3.16. The lowest BCUT2D eigenvalue weighted by Crippen LogP contribution is -2.27. The molecule has 0 aromatic heterocycles. The molecule has 0 aliphatic heterocycles. The van der Waals surface area contributed by atoms with Crippen LogP contribution in [-0.2, 0) is 4.84 Å². The van der Waals surface area contributed by atoms with E-state index in [0.717, 1.165) is 49.9 Å². The third-order valence-electron chi connectivity index (χ3n) is 5.78. The molecule has 4 atom stereocenters. The molecule has 0 spiro atoms. The van der Waals surface area contributed by atoms with Crippen molar-refractivity contribution >= 4 is 5.71 Å². The van der Waals surface area contributed by atoms with Crippen LogP contribution in [0.5, 0.6) is 0 Å². The molecule has 0 aromatic carbocycles. The first-order valence-corrected chi connectivity index (χ1v) is 8.24. The molecule has 3 heteroatoms. The van der Waals surface area contributed by atoms with Gasteiger partial charge >= 0.3 is 0 Å². The standard InChI is InChI=1S/C16H28N2O/c1-3-18(4-2)8-9-19-17-16-11-12-10-15(16)14-7-5-6-13(12)14/h12-15H,3-11H2,1-2H3/b17-16+/t12-,13-,14-,15-/m0/s1. The summed E-state index contributed by atoms with van der Waals surface area (Å²) in [4.78, 5) is 7.98. The molecule has 3 aliphatic rings. The summed E-state index contributed by atoms with van der Waals surface area (Å²) in [5.41, 5.74) is 1.40. The molecule has 3 fully saturated rings. The zero-order chi connectivity index (χ0) is 13.2. The van der Waals surface area contributed by atoms with E-state index in [1.165, 1.54) is 37.8 Å². The molecule has 3 saturated carbocycles. The lowest BCUT2D eigenvalue weighted by molar-refractivity contribution is 0.111. The van der Waals surface area contributed by atoms with Crippen molar-refractivity contribution in [3.05, 3.63) is 0 Å². The maximum absolute atomic E-state index is 5.60. The van der Waals surface area contributed by atoms with Crippen molar-refractivity contribution in [2.24, 2.45) is 28.8 Å². The Morgan fingerprint density at radius 1 is 1.21 bits per heavy atom. The van der Waals surface area contributed by atoms with Gasteiger partial charge < -0.3 is 9.74 Å². The van der Waals surface area contributed by atoms with E-state index in [1.54, 1.807) is 0 Å². The summed E-state index contributed by atoms with van der Waals surface area (Å²) in [6, 6.07) is 0.